The first-order valence-corrected chi connectivity index (χ1v) is 4.87. The van der Waals surface area contributed by atoms with E-state index in [4.69, 9.17) is 5.11 Å². The first kappa shape index (κ1) is 10.0. The van der Waals surface area contributed by atoms with Crippen LogP contribution in [0.5, 0.6) is 0 Å². The van der Waals surface area contributed by atoms with Crippen LogP contribution in [0.15, 0.2) is 0 Å². The minimum Gasteiger partial charge on any atom is -0.396 e. The summed E-state index contributed by atoms with van der Waals surface area (Å²) in [6, 6.07) is 0. The molecule has 2 nitrogen and oxygen atoms in total. The van der Waals surface area contributed by atoms with Crippen LogP contribution in [0.4, 0.5) is 0 Å². The molecule has 12 heavy (non-hydrogen) atoms. The maximum Gasteiger partial charge on any atom is 0.0619 e. The molecule has 0 atom stereocenters. The van der Waals surface area contributed by atoms with Gasteiger partial charge in [-0.1, -0.05) is 0 Å². The maximum absolute atomic E-state index is 9.74. The summed E-state index contributed by atoms with van der Waals surface area (Å²) < 4.78 is 0. The zero-order valence-corrected chi connectivity index (χ0v) is 8.08. The number of hydrogen-bond acceptors (Lipinski definition) is 2. The van der Waals surface area contributed by atoms with Gasteiger partial charge in [-0.05, 0) is 51.4 Å². The summed E-state index contributed by atoms with van der Waals surface area (Å²) in [6.45, 7) is 4.09. The fraction of sp³-hybridized carbons (Fsp3) is 1.00. The Morgan fingerprint density at radius 1 is 1.17 bits per heavy atom. The van der Waals surface area contributed by atoms with Gasteiger partial charge in [-0.3, -0.25) is 0 Å². The lowest BCUT2D eigenvalue weighted by Gasteiger charge is -2.35. The lowest BCUT2D eigenvalue weighted by molar-refractivity contribution is -0.00991. The SMILES string of the molecule is CC(C)(O)[C@H]1CC[C@H](CO)CC1. The Labute approximate surface area is 74.6 Å². The summed E-state index contributed by atoms with van der Waals surface area (Å²) in [7, 11) is 0. The van der Waals surface area contributed by atoms with Crippen LogP contribution in [0.1, 0.15) is 39.5 Å². The van der Waals surface area contributed by atoms with Crippen LogP contribution in [-0.4, -0.2) is 22.4 Å². The van der Waals surface area contributed by atoms with Gasteiger partial charge in [-0.25, -0.2) is 0 Å². The Morgan fingerprint density at radius 3 is 2.00 bits per heavy atom. The van der Waals surface area contributed by atoms with E-state index in [-0.39, 0.29) is 0 Å². The van der Waals surface area contributed by atoms with Crippen molar-refractivity contribution in [1.29, 1.82) is 0 Å². The second-order valence-corrected chi connectivity index (χ2v) is 4.55. The molecule has 0 bridgehead atoms. The van der Waals surface area contributed by atoms with Gasteiger partial charge in [0, 0.05) is 6.61 Å². The molecule has 1 aliphatic rings. The predicted octanol–water partition coefficient (Wildman–Crippen LogP) is 1.56. The number of rotatable bonds is 2. The highest BCUT2D eigenvalue weighted by Crippen LogP contribution is 2.34. The first-order chi connectivity index (χ1) is 5.54. The van der Waals surface area contributed by atoms with E-state index in [1.165, 1.54) is 0 Å². The average molecular weight is 172 g/mol. The molecule has 0 aliphatic heterocycles. The fourth-order valence-corrected chi connectivity index (χ4v) is 2.05. The Bertz CT molecular complexity index is 129. The highest BCUT2D eigenvalue weighted by molar-refractivity contribution is 4.82. The third-order valence-electron chi connectivity index (χ3n) is 3.10. The molecule has 0 amide bonds. The molecule has 0 unspecified atom stereocenters. The second-order valence-electron chi connectivity index (χ2n) is 4.55. The van der Waals surface area contributed by atoms with Crippen molar-refractivity contribution in [3.63, 3.8) is 0 Å². The molecule has 0 saturated heterocycles. The fourth-order valence-electron chi connectivity index (χ4n) is 2.05. The van der Waals surface area contributed by atoms with E-state index in [1.54, 1.807) is 0 Å². The van der Waals surface area contributed by atoms with Crippen LogP contribution in [0.25, 0.3) is 0 Å². The van der Waals surface area contributed by atoms with Crippen LogP contribution < -0.4 is 0 Å². The lowest BCUT2D eigenvalue weighted by Crippen LogP contribution is -2.34. The van der Waals surface area contributed by atoms with Crippen molar-refractivity contribution in [3.05, 3.63) is 0 Å². The van der Waals surface area contributed by atoms with Crippen molar-refractivity contribution in [2.75, 3.05) is 6.61 Å². The molecule has 0 heterocycles. The minimum absolute atomic E-state index is 0.318. The molecule has 0 aromatic carbocycles. The van der Waals surface area contributed by atoms with E-state index in [9.17, 15) is 5.11 Å². The summed E-state index contributed by atoms with van der Waals surface area (Å²) >= 11 is 0. The highest BCUT2D eigenvalue weighted by atomic mass is 16.3. The zero-order valence-electron chi connectivity index (χ0n) is 8.08. The van der Waals surface area contributed by atoms with Gasteiger partial charge < -0.3 is 10.2 Å². The maximum atomic E-state index is 9.74. The Kier molecular flexibility index (Phi) is 3.13. The molecule has 0 radical (unpaired) electrons. The van der Waals surface area contributed by atoms with Gasteiger partial charge in [0.25, 0.3) is 0 Å². The summed E-state index contributed by atoms with van der Waals surface area (Å²) in [6.07, 6.45) is 4.28. The van der Waals surface area contributed by atoms with Gasteiger partial charge in [-0.2, -0.15) is 0 Å². The van der Waals surface area contributed by atoms with Crippen LogP contribution in [0.3, 0.4) is 0 Å². The molecule has 72 valence electrons. The van der Waals surface area contributed by atoms with E-state index < -0.39 is 5.60 Å². The van der Waals surface area contributed by atoms with Crippen LogP contribution in [0.2, 0.25) is 0 Å². The van der Waals surface area contributed by atoms with Gasteiger partial charge in [0.2, 0.25) is 0 Å². The van der Waals surface area contributed by atoms with Crippen LogP contribution in [0, 0.1) is 11.8 Å². The number of aliphatic hydroxyl groups excluding tert-OH is 1. The Morgan fingerprint density at radius 2 is 1.67 bits per heavy atom. The molecule has 2 N–H and O–H groups in total. The summed E-state index contributed by atoms with van der Waals surface area (Å²) in [5.41, 5.74) is -0.527. The summed E-state index contributed by atoms with van der Waals surface area (Å²) in [5, 5.41) is 18.7. The van der Waals surface area contributed by atoms with E-state index in [0.717, 1.165) is 25.7 Å². The van der Waals surface area contributed by atoms with Gasteiger partial charge in [0.15, 0.2) is 0 Å². The van der Waals surface area contributed by atoms with E-state index >= 15 is 0 Å². The smallest absolute Gasteiger partial charge is 0.0619 e. The van der Waals surface area contributed by atoms with E-state index in [1.807, 2.05) is 13.8 Å². The Balaban J connectivity index is 2.36. The second kappa shape index (κ2) is 3.75. The molecule has 1 rings (SSSR count). The molecule has 1 fully saturated rings. The molecule has 2 heteroatoms. The van der Waals surface area contributed by atoms with Gasteiger partial charge in [-0.15, -0.1) is 0 Å². The normalized spacial score (nSPS) is 32.0. The average Bonchev–Trinajstić information content (AvgIpc) is 2.03. The van der Waals surface area contributed by atoms with Crippen molar-refractivity contribution >= 4 is 0 Å². The monoisotopic (exact) mass is 172 g/mol. The summed E-state index contributed by atoms with van der Waals surface area (Å²) in [5.74, 6) is 0.920. The standard InChI is InChI=1S/C10H20O2/c1-10(2,12)9-5-3-8(7-11)4-6-9/h8-9,11-12H,3-7H2,1-2H3/t8-,9-. The van der Waals surface area contributed by atoms with Crippen LogP contribution in [-0.2, 0) is 0 Å². The largest absolute Gasteiger partial charge is 0.396 e. The third kappa shape index (κ3) is 2.46. The number of aliphatic hydroxyl groups is 2. The minimum atomic E-state index is -0.527. The molecule has 1 saturated carbocycles. The quantitative estimate of drug-likeness (QED) is 0.663. The molecular formula is C10H20O2. The van der Waals surface area contributed by atoms with Crippen molar-refractivity contribution in [2.24, 2.45) is 11.8 Å². The predicted molar refractivity (Wildman–Crippen MR) is 48.8 cm³/mol. The van der Waals surface area contributed by atoms with Gasteiger partial charge in [0.05, 0.1) is 5.60 Å². The van der Waals surface area contributed by atoms with E-state index in [2.05, 4.69) is 0 Å². The molecule has 0 spiro atoms. The van der Waals surface area contributed by atoms with Crippen molar-refractivity contribution in [2.45, 2.75) is 45.1 Å². The number of hydrogen-bond donors (Lipinski definition) is 2. The first-order valence-electron chi connectivity index (χ1n) is 4.87. The zero-order chi connectivity index (χ0) is 9.19. The third-order valence-corrected chi connectivity index (χ3v) is 3.10. The topological polar surface area (TPSA) is 40.5 Å². The molecule has 1 aliphatic carbocycles. The Hall–Kier alpha value is -0.0800. The summed E-state index contributed by atoms with van der Waals surface area (Å²) in [4.78, 5) is 0. The molecule has 0 aromatic heterocycles. The van der Waals surface area contributed by atoms with Gasteiger partial charge >= 0.3 is 0 Å². The van der Waals surface area contributed by atoms with Crippen molar-refractivity contribution < 1.29 is 10.2 Å². The van der Waals surface area contributed by atoms with Gasteiger partial charge in [0.1, 0.15) is 0 Å². The van der Waals surface area contributed by atoms with E-state index in [0.29, 0.717) is 18.4 Å². The highest BCUT2D eigenvalue weighted by Gasteiger charge is 2.30. The lowest BCUT2D eigenvalue weighted by atomic mass is 9.75. The van der Waals surface area contributed by atoms with Crippen LogP contribution >= 0.6 is 0 Å². The van der Waals surface area contributed by atoms with Crippen molar-refractivity contribution in [1.82, 2.24) is 0 Å². The molecule has 0 aromatic rings. The van der Waals surface area contributed by atoms with Crippen molar-refractivity contribution in [3.8, 4) is 0 Å². The molecular weight excluding hydrogens is 152 g/mol.